The fraction of sp³-hybridized carbons (Fsp3) is 0.818. The van der Waals surface area contributed by atoms with E-state index >= 15 is 0 Å². The van der Waals surface area contributed by atoms with Crippen molar-refractivity contribution < 1.29 is 19.8 Å². The molecule has 0 unspecified atom stereocenters. The highest BCUT2D eigenvalue weighted by atomic mass is 16.4. The number of aliphatic carboxylic acids is 1. The van der Waals surface area contributed by atoms with E-state index in [0.29, 0.717) is 32.2 Å². The third-order valence-electron chi connectivity index (χ3n) is 3.28. The first-order valence-electron chi connectivity index (χ1n) is 5.83. The molecule has 0 heterocycles. The molecule has 0 aromatic heterocycles. The van der Waals surface area contributed by atoms with E-state index in [1.165, 1.54) is 0 Å². The van der Waals surface area contributed by atoms with E-state index in [1.807, 2.05) is 0 Å². The van der Waals surface area contributed by atoms with E-state index in [2.05, 4.69) is 10.6 Å². The molecule has 0 aliphatic heterocycles. The maximum Gasteiger partial charge on any atom is 0.306 e. The van der Waals surface area contributed by atoms with Gasteiger partial charge in [0.15, 0.2) is 0 Å². The van der Waals surface area contributed by atoms with Crippen LogP contribution in [-0.2, 0) is 9.59 Å². The van der Waals surface area contributed by atoms with Crippen LogP contribution in [0.15, 0.2) is 0 Å². The molecule has 1 aliphatic rings. The number of hydrogen-bond acceptors (Lipinski definition) is 4. The van der Waals surface area contributed by atoms with Crippen molar-refractivity contribution in [1.82, 2.24) is 10.6 Å². The summed E-state index contributed by atoms with van der Waals surface area (Å²) in [4.78, 5) is 21.7. The Morgan fingerprint density at radius 1 is 1.35 bits per heavy atom. The number of carbonyl (C=O) groups is 2. The van der Waals surface area contributed by atoms with Gasteiger partial charge in [-0.2, -0.15) is 0 Å². The molecule has 1 fully saturated rings. The summed E-state index contributed by atoms with van der Waals surface area (Å²) in [5.74, 6) is -1.26. The van der Waals surface area contributed by atoms with Crippen molar-refractivity contribution in [2.24, 2.45) is 5.92 Å². The molecule has 0 aromatic carbocycles. The first-order chi connectivity index (χ1) is 7.97. The summed E-state index contributed by atoms with van der Waals surface area (Å²) in [5, 5.41) is 24.4. The van der Waals surface area contributed by atoms with Crippen LogP contribution in [0.4, 0.5) is 0 Å². The Kier molecular flexibility index (Phi) is 4.89. The van der Waals surface area contributed by atoms with Gasteiger partial charge in [-0.15, -0.1) is 0 Å². The van der Waals surface area contributed by atoms with Gasteiger partial charge in [-0.3, -0.25) is 9.59 Å². The topological polar surface area (TPSA) is 98.7 Å². The van der Waals surface area contributed by atoms with Crippen molar-refractivity contribution in [2.45, 2.75) is 31.3 Å². The normalized spacial score (nSPS) is 28.7. The molecule has 17 heavy (non-hydrogen) atoms. The van der Waals surface area contributed by atoms with E-state index < -0.39 is 11.6 Å². The molecule has 0 bridgehead atoms. The summed E-state index contributed by atoms with van der Waals surface area (Å²) in [6, 6.07) is 0. The Morgan fingerprint density at radius 2 is 1.94 bits per heavy atom. The number of rotatable bonds is 5. The van der Waals surface area contributed by atoms with Crippen LogP contribution in [0, 0.1) is 5.92 Å². The summed E-state index contributed by atoms with van der Waals surface area (Å²) in [5.41, 5.74) is -0.875. The minimum atomic E-state index is -0.875. The zero-order valence-corrected chi connectivity index (χ0v) is 10.0. The molecular formula is C11H20N2O4. The summed E-state index contributed by atoms with van der Waals surface area (Å²) in [6.45, 7) is 0.494. The number of carboxylic acids is 1. The SMILES string of the molecule is CNC(=O)CNCC1(O)CCC(C(=O)O)CC1. The second-order valence-electron chi connectivity index (χ2n) is 4.61. The second-order valence-corrected chi connectivity index (χ2v) is 4.61. The van der Waals surface area contributed by atoms with Crippen LogP contribution in [-0.4, -0.2) is 47.8 Å². The van der Waals surface area contributed by atoms with Crippen LogP contribution in [0.3, 0.4) is 0 Å². The highest BCUT2D eigenvalue weighted by Gasteiger charge is 2.35. The van der Waals surface area contributed by atoms with Gasteiger partial charge in [-0.05, 0) is 25.7 Å². The van der Waals surface area contributed by atoms with Crippen molar-refractivity contribution in [3.63, 3.8) is 0 Å². The van der Waals surface area contributed by atoms with E-state index in [0.717, 1.165) is 0 Å². The molecular weight excluding hydrogens is 224 g/mol. The number of nitrogens with one attached hydrogen (secondary N) is 2. The van der Waals surface area contributed by atoms with Gasteiger partial charge in [-0.1, -0.05) is 0 Å². The lowest BCUT2D eigenvalue weighted by molar-refractivity contribution is -0.144. The monoisotopic (exact) mass is 244 g/mol. The smallest absolute Gasteiger partial charge is 0.306 e. The second kappa shape index (κ2) is 5.97. The van der Waals surface area contributed by atoms with Gasteiger partial charge in [0.05, 0.1) is 18.1 Å². The molecule has 1 amide bonds. The zero-order valence-electron chi connectivity index (χ0n) is 10.0. The lowest BCUT2D eigenvalue weighted by Crippen LogP contribution is -2.46. The molecule has 6 nitrogen and oxygen atoms in total. The summed E-state index contributed by atoms with van der Waals surface area (Å²) < 4.78 is 0. The van der Waals surface area contributed by atoms with Gasteiger partial charge in [0.2, 0.25) is 5.91 Å². The van der Waals surface area contributed by atoms with Gasteiger partial charge < -0.3 is 20.8 Å². The first kappa shape index (κ1) is 13.9. The van der Waals surface area contributed by atoms with Gasteiger partial charge >= 0.3 is 5.97 Å². The van der Waals surface area contributed by atoms with Crippen molar-refractivity contribution in [2.75, 3.05) is 20.1 Å². The number of likely N-dealkylation sites (N-methyl/N-ethyl adjacent to an activating group) is 1. The average Bonchev–Trinajstić information content (AvgIpc) is 2.29. The molecule has 1 rings (SSSR count). The molecule has 0 atom stereocenters. The number of carboxylic acid groups (broad SMARTS) is 1. The van der Waals surface area contributed by atoms with Crippen LogP contribution < -0.4 is 10.6 Å². The lowest BCUT2D eigenvalue weighted by Gasteiger charge is -2.34. The van der Waals surface area contributed by atoms with Crippen LogP contribution in [0.2, 0.25) is 0 Å². The molecule has 0 radical (unpaired) electrons. The maximum atomic E-state index is 11.0. The Balaban J connectivity index is 2.29. The van der Waals surface area contributed by atoms with Crippen LogP contribution in [0.1, 0.15) is 25.7 Å². The van der Waals surface area contributed by atoms with Crippen molar-refractivity contribution in [3.05, 3.63) is 0 Å². The van der Waals surface area contributed by atoms with Crippen molar-refractivity contribution in [1.29, 1.82) is 0 Å². The first-order valence-corrected chi connectivity index (χ1v) is 5.83. The molecule has 4 N–H and O–H groups in total. The molecule has 0 spiro atoms. The molecule has 6 heteroatoms. The van der Waals surface area contributed by atoms with E-state index in [4.69, 9.17) is 5.11 Å². The van der Waals surface area contributed by atoms with Gasteiger partial charge in [0, 0.05) is 13.6 Å². The third kappa shape index (κ3) is 4.32. The van der Waals surface area contributed by atoms with Crippen molar-refractivity contribution in [3.8, 4) is 0 Å². The number of carbonyl (C=O) groups excluding carboxylic acids is 1. The number of hydrogen-bond donors (Lipinski definition) is 4. The Bertz CT molecular complexity index is 285. The molecule has 1 aliphatic carbocycles. The molecule has 1 saturated carbocycles. The van der Waals surface area contributed by atoms with Gasteiger partial charge in [-0.25, -0.2) is 0 Å². The van der Waals surface area contributed by atoms with E-state index in [-0.39, 0.29) is 18.4 Å². The van der Waals surface area contributed by atoms with Crippen LogP contribution in [0.25, 0.3) is 0 Å². The van der Waals surface area contributed by atoms with Gasteiger partial charge in [0.1, 0.15) is 0 Å². The quantitative estimate of drug-likeness (QED) is 0.514. The minimum Gasteiger partial charge on any atom is -0.481 e. The lowest BCUT2D eigenvalue weighted by atomic mass is 9.79. The fourth-order valence-corrected chi connectivity index (χ4v) is 2.08. The van der Waals surface area contributed by atoms with Crippen molar-refractivity contribution >= 4 is 11.9 Å². The predicted octanol–water partition coefficient (Wildman–Crippen LogP) is -0.672. The molecule has 0 aromatic rings. The van der Waals surface area contributed by atoms with Crippen LogP contribution >= 0.6 is 0 Å². The van der Waals surface area contributed by atoms with E-state index in [9.17, 15) is 14.7 Å². The highest BCUT2D eigenvalue weighted by Crippen LogP contribution is 2.31. The predicted molar refractivity (Wildman–Crippen MR) is 61.5 cm³/mol. The average molecular weight is 244 g/mol. The standard InChI is InChI=1S/C11H20N2O4/c1-12-9(14)6-13-7-11(17)4-2-8(3-5-11)10(15)16/h8,13,17H,2-7H2,1H3,(H,12,14)(H,15,16). The van der Waals surface area contributed by atoms with Gasteiger partial charge in [0.25, 0.3) is 0 Å². The summed E-state index contributed by atoms with van der Waals surface area (Å²) in [6.07, 6.45) is 1.91. The number of aliphatic hydroxyl groups is 1. The number of amides is 1. The largest absolute Gasteiger partial charge is 0.481 e. The highest BCUT2D eigenvalue weighted by molar-refractivity contribution is 5.77. The summed E-state index contributed by atoms with van der Waals surface area (Å²) >= 11 is 0. The Morgan fingerprint density at radius 3 is 2.41 bits per heavy atom. The van der Waals surface area contributed by atoms with E-state index in [1.54, 1.807) is 7.05 Å². The molecule has 0 saturated heterocycles. The van der Waals surface area contributed by atoms with Crippen LogP contribution in [0.5, 0.6) is 0 Å². The summed E-state index contributed by atoms with van der Waals surface area (Å²) in [7, 11) is 1.55. The zero-order chi connectivity index (χ0) is 12.9. The minimum absolute atomic E-state index is 0.132. The fourth-order valence-electron chi connectivity index (χ4n) is 2.08. The Hall–Kier alpha value is -1.14. The molecule has 98 valence electrons. The maximum absolute atomic E-state index is 11.0. The Labute approximate surface area is 100 Å². The third-order valence-corrected chi connectivity index (χ3v) is 3.28.